The zero-order chi connectivity index (χ0) is 22.8. The summed E-state index contributed by atoms with van der Waals surface area (Å²) in [7, 11) is 1.62. The number of aliphatic imine (C=N–C) groups is 1. The minimum absolute atomic E-state index is 0.170. The third kappa shape index (κ3) is 4.60. The van der Waals surface area contributed by atoms with Crippen LogP contribution < -0.4 is 9.64 Å². The third-order valence-corrected chi connectivity index (χ3v) is 5.93. The summed E-state index contributed by atoms with van der Waals surface area (Å²) in [5.41, 5.74) is 4.16. The number of amidine groups is 1. The summed E-state index contributed by atoms with van der Waals surface area (Å²) in [5, 5.41) is 4.27. The van der Waals surface area contributed by atoms with E-state index in [1.54, 1.807) is 25.0 Å². The Morgan fingerprint density at radius 2 is 1.78 bits per heavy atom. The van der Waals surface area contributed by atoms with Gasteiger partial charge in [-0.05, 0) is 74.7 Å². The molecule has 0 saturated carbocycles. The number of carbonyl (C=O) groups excluding carboxylic acids is 1. The Morgan fingerprint density at radius 1 is 1.09 bits per heavy atom. The monoisotopic (exact) mass is 448 g/mol. The number of aromatic nitrogens is 2. The quantitative estimate of drug-likeness (QED) is 0.497. The molecule has 0 fully saturated rings. The van der Waals surface area contributed by atoms with Gasteiger partial charge in [0.1, 0.15) is 11.4 Å². The number of amides is 1. The smallest absolute Gasteiger partial charge is 0.283 e. The first-order valence-electron chi connectivity index (χ1n) is 10.2. The van der Waals surface area contributed by atoms with E-state index in [1.165, 1.54) is 11.8 Å². The summed E-state index contributed by atoms with van der Waals surface area (Å²) in [6.45, 7) is 7.76. The van der Waals surface area contributed by atoms with Crippen molar-refractivity contribution in [1.29, 1.82) is 0 Å². The average molecular weight is 449 g/mol. The van der Waals surface area contributed by atoms with Gasteiger partial charge in [0.05, 0.1) is 18.0 Å². The van der Waals surface area contributed by atoms with E-state index >= 15 is 0 Å². The topological polar surface area (TPSA) is 80.8 Å². The van der Waals surface area contributed by atoms with Crippen LogP contribution in [0.5, 0.6) is 5.75 Å². The zero-order valence-electron chi connectivity index (χ0n) is 18.6. The molecule has 0 bridgehead atoms. The van der Waals surface area contributed by atoms with Gasteiger partial charge in [-0.25, -0.2) is 4.99 Å². The van der Waals surface area contributed by atoms with Crippen molar-refractivity contribution >= 4 is 34.6 Å². The van der Waals surface area contributed by atoms with Crippen LogP contribution in [0, 0.1) is 20.8 Å². The van der Waals surface area contributed by atoms with Crippen LogP contribution in [0.25, 0.3) is 6.08 Å². The molecule has 0 radical (unpaired) electrons. The van der Waals surface area contributed by atoms with E-state index in [0.29, 0.717) is 22.6 Å². The van der Waals surface area contributed by atoms with E-state index in [-0.39, 0.29) is 11.2 Å². The molecule has 0 saturated heterocycles. The zero-order valence-corrected chi connectivity index (χ0v) is 19.4. The standard InChI is InChI=1S/C24H24N4O3S/c1-14-10-15(2)12-19(11-14)28-23(29)21(13-18-6-8-20(30-5)9-7-18)26-24(28)32-16(3)22-25-17(4)27-31-22/h6-13,16H,1-5H3. The van der Waals surface area contributed by atoms with E-state index in [2.05, 4.69) is 16.2 Å². The first-order valence-corrected chi connectivity index (χ1v) is 11.1. The molecular formula is C24H24N4O3S. The second kappa shape index (κ2) is 9.00. The molecule has 4 rings (SSSR count). The number of aryl methyl sites for hydroxylation is 3. The minimum atomic E-state index is -0.178. The molecule has 2 aromatic carbocycles. The van der Waals surface area contributed by atoms with Gasteiger partial charge in [-0.1, -0.05) is 35.1 Å². The highest BCUT2D eigenvalue weighted by atomic mass is 32.2. The molecule has 8 heteroatoms. The largest absolute Gasteiger partial charge is 0.497 e. The van der Waals surface area contributed by atoms with Crippen LogP contribution in [0.2, 0.25) is 0 Å². The number of hydrogen-bond donors (Lipinski definition) is 0. The Hall–Kier alpha value is -3.39. The fourth-order valence-corrected chi connectivity index (χ4v) is 4.39. The summed E-state index contributed by atoms with van der Waals surface area (Å²) >= 11 is 1.41. The molecule has 1 atom stereocenters. The van der Waals surface area contributed by atoms with Crippen molar-refractivity contribution in [3.63, 3.8) is 0 Å². The molecule has 1 amide bonds. The van der Waals surface area contributed by atoms with Crippen molar-refractivity contribution in [2.45, 2.75) is 32.9 Å². The number of rotatable bonds is 5. The van der Waals surface area contributed by atoms with Gasteiger partial charge < -0.3 is 9.26 Å². The maximum absolute atomic E-state index is 13.4. The van der Waals surface area contributed by atoms with E-state index in [9.17, 15) is 4.79 Å². The maximum atomic E-state index is 13.4. The second-order valence-electron chi connectivity index (χ2n) is 7.62. The Kier molecular flexibility index (Phi) is 6.14. The predicted molar refractivity (Wildman–Crippen MR) is 127 cm³/mol. The van der Waals surface area contributed by atoms with Gasteiger partial charge in [0.15, 0.2) is 11.0 Å². The summed E-state index contributed by atoms with van der Waals surface area (Å²) in [4.78, 5) is 24.1. The minimum Gasteiger partial charge on any atom is -0.497 e. The molecule has 0 N–H and O–H groups in total. The first-order chi connectivity index (χ1) is 15.3. The van der Waals surface area contributed by atoms with Gasteiger partial charge in [0, 0.05) is 0 Å². The lowest BCUT2D eigenvalue weighted by Crippen LogP contribution is -2.30. The molecule has 0 spiro atoms. The number of carbonyl (C=O) groups is 1. The molecule has 1 aliphatic rings. The first kappa shape index (κ1) is 21.8. The molecule has 7 nitrogen and oxygen atoms in total. The van der Waals surface area contributed by atoms with Crippen LogP contribution in [-0.4, -0.2) is 28.3 Å². The highest BCUT2D eigenvalue weighted by Gasteiger charge is 2.34. The van der Waals surface area contributed by atoms with Crippen LogP contribution in [0.3, 0.4) is 0 Å². The van der Waals surface area contributed by atoms with Crippen molar-refractivity contribution in [2.24, 2.45) is 4.99 Å². The van der Waals surface area contributed by atoms with Crippen molar-refractivity contribution in [1.82, 2.24) is 10.1 Å². The Bertz CT molecular complexity index is 1190. The summed E-state index contributed by atoms with van der Waals surface area (Å²) in [6.07, 6.45) is 1.78. The van der Waals surface area contributed by atoms with E-state index in [4.69, 9.17) is 14.3 Å². The lowest BCUT2D eigenvalue weighted by Gasteiger charge is -2.20. The second-order valence-corrected chi connectivity index (χ2v) is 8.93. The number of benzene rings is 2. The van der Waals surface area contributed by atoms with Crippen LogP contribution in [0.4, 0.5) is 5.69 Å². The van der Waals surface area contributed by atoms with Gasteiger partial charge in [0.2, 0.25) is 5.89 Å². The Morgan fingerprint density at radius 3 is 2.38 bits per heavy atom. The predicted octanol–water partition coefficient (Wildman–Crippen LogP) is 5.24. The summed E-state index contributed by atoms with van der Waals surface area (Å²) in [6, 6.07) is 13.5. The van der Waals surface area contributed by atoms with Crippen molar-refractivity contribution in [3.05, 3.63) is 76.6 Å². The van der Waals surface area contributed by atoms with Crippen molar-refractivity contribution in [3.8, 4) is 5.75 Å². The normalized spacial score (nSPS) is 15.9. The summed E-state index contributed by atoms with van der Waals surface area (Å²) < 4.78 is 10.5. The molecule has 1 aromatic heterocycles. The van der Waals surface area contributed by atoms with Gasteiger partial charge in [-0.2, -0.15) is 4.98 Å². The van der Waals surface area contributed by atoms with Crippen molar-refractivity contribution in [2.75, 3.05) is 12.0 Å². The van der Waals surface area contributed by atoms with Gasteiger partial charge in [-0.15, -0.1) is 0 Å². The van der Waals surface area contributed by atoms with E-state index < -0.39 is 0 Å². The number of anilines is 1. The highest BCUT2D eigenvalue weighted by molar-refractivity contribution is 8.14. The van der Waals surface area contributed by atoms with Crippen molar-refractivity contribution < 1.29 is 14.1 Å². The maximum Gasteiger partial charge on any atom is 0.283 e. The number of nitrogens with zero attached hydrogens (tertiary/aromatic N) is 4. The Labute approximate surface area is 191 Å². The summed E-state index contributed by atoms with van der Waals surface area (Å²) in [5.74, 6) is 1.64. The van der Waals surface area contributed by atoms with Crippen LogP contribution in [0.15, 0.2) is 57.7 Å². The van der Waals surface area contributed by atoms with Gasteiger partial charge in [-0.3, -0.25) is 9.69 Å². The number of hydrogen-bond acceptors (Lipinski definition) is 7. The number of methoxy groups -OCH3 is 1. The fraction of sp³-hybridized carbons (Fsp3) is 0.250. The van der Waals surface area contributed by atoms with Crippen LogP contribution in [-0.2, 0) is 4.79 Å². The van der Waals surface area contributed by atoms with Gasteiger partial charge in [0.25, 0.3) is 5.91 Å². The Balaban J connectivity index is 1.72. The van der Waals surface area contributed by atoms with Crippen LogP contribution >= 0.6 is 11.8 Å². The van der Waals surface area contributed by atoms with Crippen LogP contribution in [0.1, 0.15) is 40.6 Å². The average Bonchev–Trinajstić information content (AvgIpc) is 3.31. The molecule has 1 unspecified atom stereocenters. The lowest BCUT2D eigenvalue weighted by atomic mass is 10.1. The molecule has 3 aromatic rings. The molecule has 32 heavy (non-hydrogen) atoms. The fourth-order valence-electron chi connectivity index (χ4n) is 3.43. The highest BCUT2D eigenvalue weighted by Crippen LogP contribution is 2.36. The van der Waals surface area contributed by atoms with E-state index in [1.807, 2.05) is 57.2 Å². The van der Waals surface area contributed by atoms with E-state index in [0.717, 1.165) is 28.1 Å². The third-order valence-electron chi connectivity index (χ3n) is 4.89. The number of ether oxygens (including phenoxy) is 1. The molecule has 1 aliphatic heterocycles. The molecule has 0 aliphatic carbocycles. The SMILES string of the molecule is COc1ccc(C=C2N=C(SC(C)c3nc(C)no3)N(c3cc(C)cc(C)c3)C2=O)cc1. The number of thioether (sulfide) groups is 1. The molecular weight excluding hydrogens is 424 g/mol. The molecule has 2 heterocycles. The van der Waals surface area contributed by atoms with Gasteiger partial charge >= 0.3 is 0 Å². The lowest BCUT2D eigenvalue weighted by molar-refractivity contribution is -0.113. The molecule has 164 valence electrons.